The number of benzene rings is 2. The molecule has 0 bridgehead atoms. The van der Waals surface area contributed by atoms with E-state index in [0.29, 0.717) is 23.7 Å². The fraction of sp³-hybridized carbons (Fsp3) is 0.300. The molecule has 0 aliphatic rings. The Hall–Kier alpha value is -2.17. The van der Waals surface area contributed by atoms with E-state index in [-0.39, 0.29) is 5.56 Å². The highest BCUT2D eigenvalue weighted by Crippen LogP contribution is 2.18. The van der Waals surface area contributed by atoms with Crippen molar-refractivity contribution in [3.63, 3.8) is 0 Å². The van der Waals surface area contributed by atoms with E-state index in [2.05, 4.69) is 9.88 Å². The maximum Gasteiger partial charge on any atom is 0.273 e. The predicted octanol–water partition coefficient (Wildman–Crippen LogP) is 3.59. The highest BCUT2D eigenvalue weighted by atomic mass is 35.5. The molecular formula is C20H22ClN3O. The minimum absolute atomic E-state index is 0.0163. The number of hydrogen-bond donors (Lipinski definition) is 0. The zero-order chi connectivity index (χ0) is 17.8. The van der Waals surface area contributed by atoms with Gasteiger partial charge in [0, 0.05) is 18.0 Å². The van der Waals surface area contributed by atoms with Crippen LogP contribution in [0.15, 0.2) is 53.3 Å². The number of halogens is 1. The third kappa shape index (κ3) is 4.27. The van der Waals surface area contributed by atoms with Gasteiger partial charge in [-0.15, -0.1) is 0 Å². The number of aryl methyl sites for hydroxylation is 1. The molecule has 0 radical (unpaired) electrons. The van der Waals surface area contributed by atoms with Crippen LogP contribution in [-0.4, -0.2) is 35.1 Å². The first-order valence-corrected chi connectivity index (χ1v) is 8.80. The van der Waals surface area contributed by atoms with Gasteiger partial charge in [0.1, 0.15) is 5.69 Å². The molecule has 25 heavy (non-hydrogen) atoms. The number of hydrogen-bond acceptors (Lipinski definition) is 3. The third-order valence-electron chi connectivity index (χ3n) is 4.18. The lowest BCUT2D eigenvalue weighted by Gasteiger charge is -2.14. The van der Waals surface area contributed by atoms with Gasteiger partial charge in [0.15, 0.2) is 0 Å². The summed E-state index contributed by atoms with van der Waals surface area (Å²) in [7, 11) is 4.07. The van der Waals surface area contributed by atoms with Crippen LogP contribution in [0.3, 0.4) is 0 Å². The summed E-state index contributed by atoms with van der Waals surface area (Å²) in [5.74, 6) is 0. The quantitative estimate of drug-likeness (QED) is 0.678. The summed E-state index contributed by atoms with van der Waals surface area (Å²) >= 11 is 6.14. The van der Waals surface area contributed by atoms with E-state index < -0.39 is 0 Å². The molecule has 0 unspecified atom stereocenters. The second kappa shape index (κ2) is 7.81. The van der Waals surface area contributed by atoms with Gasteiger partial charge in [0.2, 0.25) is 0 Å². The lowest BCUT2D eigenvalue weighted by atomic mass is 10.1. The third-order valence-corrected chi connectivity index (χ3v) is 4.41. The molecule has 3 aromatic rings. The van der Waals surface area contributed by atoms with Crippen molar-refractivity contribution in [2.75, 3.05) is 20.6 Å². The van der Waals surface area contributed by atoms with Gasteiger partial charge in [-0.3, -0.25) is 4.79 Å². The summed E-state index contributed by atoms with van der Waals surface area (Å²) in [4.78, 5) is 19.7. The molecule has 1 heterocycles. The molecule has 3 rings (SSSR count). The summed E-state index contributed by atoms with van der Waals surface area (Å²) in [5.41, 5.74) is 3.23. The van der Waals surface area contributed by atoms with E-state index in [1.54, 1.807) is 0 Å². The molecule has 1 aromatic heterocycles. The average molecular weight is 356 g/mol. The van der Waals surface area contributed by atoms with Crippen LogP contribution in [-0.2, 0) is 13.0 Å². The fourth-order valence-corrected chi connectivity index (χ4v) is 3.11. The zero-order valence-corrected chi connectivity index (χ0v) is 15.3. The van der Waals surface area contributed by atoms with E-state index in [9.17, 15) is 4.79 Å². The highest BCUT2D eigenvalue weighted by Gasteiger charge is 2.12. The van der Waals surface area contributed by atoms with Crippen molar-refractivity contribution in [3.05, 3.63) is 75.2 Å². The van der Waals surface area contributed by atoms with Crippen LogP contribution >= 0.6 is 11.6 Å². The van der Waals surface area contributed by atoms with Crippen LogP contribution < -0.4 is 5.56 Å². The van der Waals surface area contributed by atoms with Crippen molar-refractivity contribution in [1.29, 1.82) is 0 Å². The maximum atomic E-state index is 13.0. The van der Waals surface area contributed by atoms with Gasteiger partial charge in [-0.2, -0.15) is 0 Å². The number of aromatic nitrogens is 2. The summed E-state index contributed by atoms with van der Waals surface area (Å²) in [5, 5.41) is 0.629. The summed E-state index contributed by atoms with van der Waals surface area (Å²) in [6.45, 7) is 1.59. The molecule has 0 saturated carbocycles. The van der Waals surface area contributed by atoms with Gasteiger partial charge >= 0.3 is 0 Å². The Morgan fingerprint density at radius 1 is 1.12 bits per heavy atom. The second-order valence-electron chi connectivity index (χ2n) is 6.47. The Morgan fingerprint density at radius 3 is 2.60 bits per heavy atom. The SMILES string of the molecule is CN(C)CCCn1c(=O)c(Cc2ccccc2)nc2cc(Cl)ccc21. The van der Waals surface area contributed by atoms with Crippen LogP contribution in [0.1, 0.15) is 17.7 Å². The van der Waals surface area contributed by atoms with Crippen LogP contribution in [0.2, 0.25) is 5.02 Å². The Balaban J connectivity index is 2.04. The van der Waals surface area contributed by atoms with Crippen molar-refractivity contribution in [1.82, 2.24) is 14.5 Å². The van der Waals surface area contributed by atoms with Crippen molar-refractivity contribution in [2.24, 2.45) is 0 Å². The van der Waals surface area contributed by atoms with E-state index in [1.807, 2.05) is 67.2 Å². The molecule has 0 atom stereocenters. The maximum absolute atomic E-state index is 13.0. The molecule has 0 amide bonds. The monoisotopic (exact) mass is 355 g/mol. The van der Waals surface area contributed by atoms with E-state index in [4.69, 9.17) is 11.6 Å². The van der Waals surface area contributed by atoms with E-state index in [1.165, 1.54) is 0 Å². The fourth-order valence-electron chi connectivity index (χ4n) is 2.94. The molecular weight excluding hydrogens is 334 g/mol. The second-order valence-corrected chi connectivity index (χ2v) is 6.90. The van der Waals surface area contributed by atoms with Crippen LogP contribution in [0.4, 0.5) is 0 Å². The Kier molecular flexibility index (Phi) is 5.51. The van der Waals surface area contributed by atoms with Gasteiger partial charge in [-0.25, -0.2) is 4.98 Å². The van der Waals surface area contributed by atoms with Gasteiger partial charge in [0.05, 0.1) is 11.0 Å². The standard InChI is InChI=1S/C20H22ClN3O/c1-23(2)11-6-12-24-19-10-9-16(21)14-17(19)22-18(20(24)25)13-15-7-4-3-5-8-15/h3-5,7-10,14H,6,11-13H2,1-2H3. The van der Waals surface area contributed by atoms with Crippen molar-refractivity contribution in [2.45, 2.75) is 19.4 Å². The largest absolute Gasteiger partial charge is 0.309 e. The summed E-state index contributed by atoms with van der Waals surface area (Å²) in [6, 6.07) is 15.5. The van der Waals surface area contributed by atoms with Gasteiger partial charge in [-0.1, -0.05) is 41.9 Å². The number of rotatable bonds is 6. The first kappa shape index (κ1) is 17.6. The molecule has 0 fully saturated rings. The minimum Gasteiger partial charge on any atom is -0.309 e. The van der Waals surface area contributed by atoms with Crippen LogP contribution in [0.25, 0.3) is 11.0 Å². The summed E-state index contributed by atoms with van der Waals surface area (Å²) < 4.78 is 1.83. The lowest BCUT2D eigenvalue weighted by Crippen LogP contribution is -2.27. The molecule has 0 saturated heterocycles. The Morgan fingerprint density at radius 2 is 1.88 bits per heavy atom. The molecule has 5 heteroatoms. The summed E-state index contributed by atoms with van der Waals surface area (Å²) in [6.07, 6.45) is 1.43. The van der Waals surface area contributed by atoms with Crippen molar-refractivity contribution in [3.8, 4) is 0 Å². The number of fused-ring (bicyclic) bond motifs is 1. The topological polar surface area (TPSA) is 38.1 Å². The van der Waals surface area contributed by atoms with E-state index in [0.717, 1.165) is 29.6 Å². The number of nitrogens with zero attached hydrogens (tertiary/aromatic N) is 3. The highest BCUT2D eigenvalue weighted by molar-refractivity contribution is 6.31. The first-order chi connectivity index (χ1) is 12.0. The Labute approximate surface area is 152 Å². The van der Waals surface area contributed by atoms with Gasteiger partial charge in [-0.05, 0) is 50.8 Å². The minimum atomic E-state index is -0.0163. The van der Waals surface area contributed by atoms with E-state index >= 15 is 0 Å². The Bertz CT molecular complexity index is 919. The molecule has 0 aliphatic carbocycles. The molecule has 0 spiro atoms. The smallest absolute Gasteiger partial charge is 0.273 e. The van der Waals surface area contributed by atoms with Crippen molar-refractivity contribution < 1.29 is 0 Å². The molecule has 0 aliphatic heterocycles. The zero-order valence-electron chi connectivity index (χ0n) is 14.6. The molecule has 0 N–H and O–H groups in total. The van der Waals surface area contributed by atoms with Crippen LogP contribution in [0, 0.1) is 0 Å². The molecule has 2 aromatic carbocycles. The normalized spacial score (nSPS) is 11.4. The van der Waals surface area contributed by atoms with Crippen LogP contribution in [0.5, 0.6) is 0 Å². The predicted molar refractivity (Wildman–Crippen MR) is 103 cm³/mol. The van der Waals surface area contributed by atoms with Gasteiger partial charge in [0.25, 0.3) is 5.56 Å². The van der Waals surface area contributed by atoms with Crippen molar-refractivity contribution >= 4 is 22.6 Å². The average Bonchev–Trinajstić information content (AvgIpc) is 2.58. The molecule has 130 valence electrons. The molecule has 4 nitrogen and oxygen atoms in total. The van der Waals surface area contributed by atoms with Gasteiger partial charge < -0.3 is 9.47 Å². The first-order valence-electron chi connectivity index (χ1n) is 8.42. The lowest BCUT2D eigenvalue weighted by molar-refractivity contribution is 0.386.